The number of para-hydroxylation sites is 1. The van der Waals surface area contributed by atoms with Gasteiger partial charge in [0.05, 0.1) is 29.2 Å². The maximum absolute atomic E-state index is 13.7. The van der Waals surface area contributed by atoms with Crippen LogP contribution < -0.4 is 14.9 Å². The molecule has 12 heteroatoms. The summed E-state index contributed by atoms with van der Waals surface area (Å²) in [5, 5.41) is 17.6. The minimum atomic E-state index is -4.50. The first-order valence-electron chi connectivity index (χ1n) is 13.5. The highest BCUT2D eigenvalue weighted by Gasteiger charge is 2.36. The molecule has 0 unspecified atom stereocenters. The van der Waals surface area contributed by atoms with Crippen molar-refractivity contribution in [1.29, 1.82) is 0 Å². The van der Waals surface area contributed by atoms with E-state index in [1.807, 2.05) is 0 Å². The van der Waals surface area contributed by atoms with Gasteiger partial charge in [0, 0.05) is 23.0 Å². The van der Waals surface area contributed by atoms with Crippen molar-refractivity contribution in [1.82, 2.24) is 10.6 Å². The van der Waals surface area contributed by atoms with Gasteiger partial charge >= 0.3 is 6.18 Å². The van der Waals surface area contributed by atoms with Gasteiger partial charge in [-0.05, 0) is 54.4 Å². The average Bonchev–Trinajstić information content (AvgIpc) is 2.95. The van der Waals surface area contributed by atoms with E-state index < -0.39 is 39.4 Å². The average molecular weight is 691 g/mol. The molecule has 4 aromatic carbocycles. The summed E-state index contributed by atoms with van der Waals surface area (Å²) in [6.07, 6.45) is -3.48. The Hall–Kier alpha value is -3.71. The van der Waals surface area contributed by atoms with E-state index in [-0.39, 0.29) is 24.2 Å². The van der Waals surface area contributed by atoms with Crippen LogP contribution in [0.25, 0.3) is 0 Å². The molecule has 4 rings (SSSR count). The molecule has 44 heavy (non-hydrogen) atoms. The third-order valence-electron chi connectivity index (χ3n) is 6.93. The normalized spacial score (nSPS) is 14.0. The van der Waals surface area contributed by atoms with Crippen molar-refractivity contribution in [3.05, 3.63) is 130 Å². The minimum Gasteiger partial charge on any atom is -0.369 e. The molecule has 0 aliphatic heterocycles. The van der Waals surface area contributed by atoms with Crippen molar-refractivity contribution < 1.29 is 31.5 Å². The zero-order valence-corrected chi connectivity index (χ0v) is 26.2. The van der Waals surface area contributed by atoms with Crippen molar-refractivity contribution in [2.24, 2.45) is 0 Å². The second-order valence-electron chi connectivity index (χ2n) is 10.4. The zero-order valence-electron chi connectivity index (χ0n) is 23.8. The van der Waals surface area contributed by atoms with E-state index in [0.717, 1.165) is 22.7 Å². The number of sulfonamides is 1. The van der Waals surface area contributed by atoms with Crippen LogP contribution in [-0.4, -0.2) is 37.5 Å². The summed E-state index contributed by atoms with van der Waals surface area (Å²) in [4.78, 5) is 13.7. The van der Waals surface area contributed by atoms with Crippen LogP contribution in [0.5, 0.6) is 0 Å². The van der Waals surface area contributed by atoms with Gasteiger partial charge in [-0.1, -0.05) is 82.7 Å². The number of rotatable bonds is 11. The molecule has 3 N–H and O–H groups in total. The van der Waals surface area contributed by atoms with Gasteiger partial charge in [0.2, 0.25) is 10.0 Å². The number of hydrogen-bond donors (Lipinski definition) is 3. The number of hydrogen-bond acceptors (Lipinski definition) is 5. The summed E-state index contributed by atoms with van der Waals surface area (Å²) >= 11 is 3.37. The third-order valence-corrected chi connectivity index (χ3v) is 8.47. The van der Waals surface area contributed by atoms with Gasteiger partial charge in [-0.3, -0.25) is 4.79 Å². The van der Waals surface area contributed by atoms with Gasteiger partial charge < -0.3 is 15.7 Å². The lowest BCUT2D eigenvalue weighted by Gasteiger charge is -2.36. The number of benzene rings is 4. The van der Waals surface area contributed by atoms with Gasteiger partial charge in [0.25, 0.3) is 5.91 Å². The number of nitrogens with zero attached hydrogens (tertiary/aromatic N) is 1. The Balaban J connectivity index is 1.64. The lowest BCUT2D eigenvalue weighted by Crippen LogP contribution is -2.61. The van der Waals surface area contributed by atoms with Crippen molar-refractivity contribution in [2.75, 3.05) is 10.6 Å². The van der Waals surface area contributed by atoms with Crippen molar-refractivity contribution in [2.45, 2.75) is 37.8 Å². The smallest absolute Gasteiger partial charge is 0.369 e. The van der Waals surface area contributed by atoms with E-state index in [2.05, 4.69) is 26.6 Å². The monoisotopic (exact) mass is 689 g/mol. The summed E-state index contributed by atoms with van der Waals surface area (Å²) in [5.41, 5.74) is -1.02. The topological polar surface area (TPSA) is 98.7 Å². The lowest BCUT2D eigenvalue weighted by molar-refractivity contribution is -0.137. The van der Waals surface area contributed by atoms with Crippen molar-refractivity contribution in [3.63, 3.8) is 0 Å². The number of aliphatic hydroxyl groups is 1. The first-order chi connectivity index (χ1) is 20.7. The minimum absolute atomic E-state index is 0.0144. The fraction of sp³-hybridized carbons (Fsp3) is 0.219. The van der Waals surface area contributed by atoms with Gasteiger partial charge in [-0.15, -0.1) is 0 Å². The van der Waals surface area contributed by atoms with E-state index in [4.69, 9.17) is 0 Å². The molecule has 0 bridgehead atoms. The highest BCUT2D eigenvalue weighted by atomic mass is 79.9. The Morgan fingerprint density at radius 3 is 2.11 bits per heavy atom. The molecule has 1 amide bonds. The van der Waals surface area contributed by atoms with Crippen LogP contribution in [0.1, 0.15) is 34.0 Å². The predicted octanol–water partition coefficient (Wildman–Crippen LogP) is 6.41. The van der Waals surface area contributed by atoms with E-state index in [0.29, 0.717) is 21.3 Å². The fourth-order valence-electron chi connectivity index (χ4n) is 4.70. The SMILES string of the molecule is C[C@@H](NCc1cccc(C(F)(F)F)c1)[C@@](O)(Cc1ccccc1)NC(=O)c1cc(Br)cc(N(c2ccccc2)S(C)(=O)=O)c1. The largest absolute Gasteiger partial charge is 0.416 e. The molecule has 4 aromatic rings. The molecule has 0 aromatic heterocycles. The summed E-state index contributed by atoms with van der Waals surface area (Å²) in [5.74, 6) is -0.694. The standard InChI is InChI=1S/C32H31BrF3N3O4S/c1-22(37-21-24-12-9-13-26(16-24)32(34,35)36)31(41,20-23-10-5-3-6-11-23)38-30(40)25-17-27(33)19-29(18-25)39(44(2,42)43)28-14-7-4-8-15-28/h3-19,22,37,41H,20-21H2,1-2H3,(H,38,40)/t22-,31+/m1/s1. The molecule has 0 aliphatic rings. The van der Waals surface area contributed by atoms with E-state index in [1.54, 1.807) is 73.7 Å². The third kappa shape index (κ3) is 8.47. The van der Waals surface area contributed by atoms with Crippen LogP contribution in [-0.2, 0) is 29.2 Å². The van der Waals surface area contributed by atoms with Crippen LogP contribution in [0, 0.1) is 0 Å². The first-order valence-corrected chi connectivity index (χ1v) is 16.1. The summed E-state index contributed by atoms with van der Waals surface area (Å²) in [6.45, 7) is 1.60. The van der Waals surface area contributed by atoms with Crippen LogP contribution in [0.15, 0.2) is 108 Å². The van der Waals surface area contributed by atoms with Gasteiger partial charge in [0.15, 0.2) is 5.72 Å². The van der Waals surface area contributed by atoms with Gasteiger partial charge in [-0.25, -0.2) is 12.7 Å². The maximum atomic E-state index is 13.7. The lowest BCUT2D eigenvalue weighted by atomic mass is 9.95. The number of carbonyl (C=O) groups is 1. The Morgan fingerprint density at radius 1 is 0.886 bits per heavy atom. The highest BCUT2D eigenvalue weighted by molar-refractivity contribution is 9.10. The molecule has 0 spiro atoms. The molecule has 232 valence electrons. The van der Waals surface area contributed by atoms with Gasteiger partial charge in [-0.2, -0.15) is 13.2 Å². The number of carbonyl (C=O) groups excluding carboxylic acids is 1. The van der Waals surface area contributed by atoms with Crippen LogP contribution in [0.2, 0.25) is 0 Å². The molecule has 0 aliphatic carbocycles. The number of halogens is 4. The van der Waals surface area contributed by atoms with Crippen molar-refractivity contribution in [3.8, 4) is 0 Å². The molecule has 0 saturated heterocycles. The van der Waals surface area contributed by atoms with E-state index >= 15 is 0 Å². The zero-order chi connectivity index (χ0) is 32.1. The molecule has 0 heterocycles. The Kier molecular flexibility index (Phi) is 10.2. The second-order valence-corrected chi connectivity index (χ2v) is 13.1. The number of nitrogens with one attached hydrogen (secondary N) is 2. The van der Waals surface area contributed by atoms with Crippen LogP contribution >= 0.6 is 15.9 Å². The first kappa shape index (κ1) is 33.2. The Bertz CT molecular complexity index is 1710. The second kappa shape index (κ2) is 13.5. The van der Waals surface area contributed by atoms with Gasteiger partial charge in [0.1, 0.15) is 0 Å². The van der Waals surface area contributed by atoms with Crippen molar-refractivity contribution >= 4 is 43.2 Å². The molecule has 0 radical (unpaired) electrons. The molecular weight excluding hydrogens is 659 g/mol. The van der Waals surface area contributed by atoms with Crippen LogP contribution in [0.4, 0.5) is 24.5 Å². The molecular formula is C32H31BrF3N3O4S. The summed E-state index contributed by atoms with van der Waals surface area (Å²) in [7, 11) is -3.81. The fourth-order valence-corrected chi connectivity index (χ4v) is 6.17. The summed E-state index contributed by atoms with van der Waals surface area (Å²) in [6, 6.07) is 25.8. The molecule has 0 saturated carbocycles. The Morgan fingerprint density at radius 2 is 1.50 bits per heavy atom. The highest BCUT2D eigenvalue weighted by Crippen LogP contribution is 2.32. The van der Waals surface area contributed by atoms with E-state index in [1.165, 1.54) is 24.3 Å². The van der Waals surface area contributed by atoms with E-state index in [9.17, 15) is 31.5 Å². The quantitative estimate of drug-likeness (QED) is 0.158. The number of amides is 1. The number of alkyl halides is 3. The molecule has 7 nitrogen and oxygen atoms in total. The Labute approximate surface area is 262 Å². The molecule has 2 atom stereocenters. The maximum Gasteiger partial charge on any atom is 0.416 e. The number of anilines is 2. The van der Waals surface area contributed by atoms with Crippen LogP contribution in [0.3, 0.4) is 0 Å². The summed E-state index contributed by atoms with van der Waals surface area (Å²) < 4.78 is 66.8. The molecule has 0 fully saturated rings. The predicted molar refractivity (Wildman–Crippen MR) is 168 cm³/mol.